The summed E-state index contributed by atoms with van der Waals surface area (Å²) >= 11 is 3.45. The monoisotopic (exact) mass is 595 g/mol. The molecule has 0 bridgehead atoms. The van der Waals surface area contributed by atoms with Gasteiger partial charge in [-0.05, 0) is 49.1 Å². The van der Waals surface area contributed by atoms with E-state index in [0.717, 1.165) is 16.3 Å². The van der Waals surface area contributed by atoms with Crippen molar-refractivity contribution in [2.45, 2.75) is 46.2 Å². The number of carbonyl (C=O) groups is 2. The van der Waals surface area contributed by atoms with Gasteiger partial charge < -0.3 is 19.7 Å². The fourth-order valence-corrected chi connectivity index (χ4v) is 5.32. The summed E-state index contributed by atoms with van der Waals surface area (Å²) in [6.45, 7) is 6.67. The Labute approximate surface area is 227 Å². The van der Waals surface area contributed by atoms with Crippen LogP contribution in [0.3, 0.4) is 0 Å². The first-order valence-corrected chi connectivity index (χ1v) is 14.8. The van der Waals surface area contributed by atoms with Gasteiger partial charge in [0.05, 0.1) is 11.9 Å². The third kappa shape index (κ3) is 8.10. The van der Waals surface area contributed by atoms with Crippen LogP contribution in [0.2, 0.25) is 0 Å². The molecule has 3 rings (SSSR count). The fourth-order valence-electron chi connectivity index (χ4n) is 3.91. The molecule has 0 spiro atoms. The molecule has 0 saturated carbocycles. The number of halogens is 1. The number of hydrogen-bond donors (Lipinski definition) is 1. The first-order chi connectivity index (χ1) is 17.5. The van der Waals surface area contributed by atoms with Crippen LogP contribution >= 0.6 is 15.9 Å². The highest BCUT2D eigenvalue weighted by atomic mass is 79.9. The van der Waals surface area contributed by atoms with Crippen molar-refractivity contribution in [3.8, 4) is 11.5 Å². The summed E-state index contributed by atoms with van der Waals surface area (Å²) in [4.78, 5) is 27.7. The molecule has 0 radical (unpaired) electrons. The molecular formula is C26H34BrN3O6S. The molecule has 1 N–H and O–H groups in total. The van der Waals surface area contributed by atoms with Crippen LogP contribution < -0.4 is 19.1 Å². The van der Waals surface area contributed by atoms with Crippen LogP contribution in [0, 0.1) is 5.92 Å². The van der Waals surface area contributed by atoms with E-state index in [-0.39, 0.29) is 50.5 Å². The molecule has 0 saturated heterocycles. The molecule has 202 valence electrons. The first kappa shape index (κ1) is 28.8. The zero-order chi connectivity index (χ0) is 27.2. The lowest BCUT2D eigenvalue weighted by atomic mass is 10.1. The molecule has 0 unspecified atom stereocenters. The highest BCUT2D eigenvalue weighted by molar-refractivity contribution is 9.10. The molecule has 0 aliphatic carbocycles. The second-order valence-corrected chi connectivity index (χ2v) is 12.3. The van der Waals surface area contributed by atoms with Gasteiger partial charge in [-0.25, -0.2) is 8.42 Å². The number of amides is 2. The van der Waals surface area contributed by atoms with Gasteiger partial charge in [-0.15, -0.1) is 0 Å². The van der Waals surface area contributed by atoms with Gasteiger partial charge in [-0.1, -0.05) is 41.9 Å². The number of hydrogen-bond acceptors (Lipinski definition) is 6. The molecule has 2 amide bonds. The summed E-state index contributed by atoms with van der Waals surface area (Å²) in [6.07, 6.45) is 1.47. The highest BCUT2D eigenvalue weighted by Crippen LogP contribution is 2.36. The second kappa shape index (κ2) is 12.6. The first-order valence-electron chi connectivity index (χ1n) is 12.1. The molecule has 1 heterocycles. The third-order valence-corrected chi connectivity index (χ3v) is 7.58. The lowest BCUT2D eigenvalue weighted by molar-refractivity contribution is -0.140. The number of benzene rings is 2. The smallest absolute Gasteiger partial charge is 0.242 e. The second-order valence-electron chi connectivity index (χ2n) is 9.44. The van der Waals surface area contributed by atoms with Crippen molar-refractivity contribution in [3.63, 3.8) is 0 Å². The van der Waals surface area contributed by atoms with Gasteiger partial charge >= 0.3 is 0 Å². The largest absolute Gasteiger partial charge is 0.454 e. The summed E-state index contributed by atoms with van der Waals surface area (Å²) in [6, 6.07) is 11.8. The molecule has 1 aliphatic rings. The number of anilines is 1. The van der Waals surface area contributed by atoms with E-state index in [4.69, 9.17) is 9.47 Å². The Morgan fingerprint density at radius 3 is 2.49 bits per heavy atom. The molecule has 37 heavy (non-hydrogen) atoms. The maximum absolute atomic E-state index is 13.4. The number of fused-ring (bicyclic) bond motifs is 1. The molecule has 2 aromatic rings. The van der Waals surface area contributed by atoms with Crippen LogP contribution in [0.15, 0.2) is 46.9 Å². The van der Waals surface area contributed by atoms with Crippen molar-refractivity contribution < 1.29 is 27.5 Å². The average molecular weight is 597 g/mol. The van der Waals surface area contributed by atoms with Crippen LogP contribution in [-0.2, 0) is 26.2 Å². The number of rotatable bonds is 12. The molecule has 9 nitrogen and oxygen atoms in total. The van der Waals surface area contributed by atoms with Crippen LogP contribution in [0.1, 0.15) is 39.2 Å². The normalized spacial score (nSPS) is 13.4. The summed E-state index contributed by atoms with van der Waals surface area (Å²) in [5, 5.41) is 2.90. The van der Waals surface area contributed by atoms with Crippen molar-refractivity contribution in [3.05, 3.63) is 52.5 Å². The summed E-state index contributed by atoms with van der Waals surface area (Å²) < 4.78 is 37.9. The van der Waals surface area contributed by atoms with Gasteiger partial charge in [0.15, 0.2) is 11.5 Å². The Kier molecular flexibility index (Phi) is 9.83. The summed E-state index contributed by atoms with van der Waals surface area (Å²) in [5.74, 6) is 0.856. The Morgan fingerprint density at radius 1 is 1.08 bits per heavy atom. The van der Waals surface area contributed by atoms with Crippen LogP contribution in [-0.4, -0.2) is 57.3 Å². The number of nitrogens with one attached hydrogen (secondary N) is 1. The predicted octanol–water partition coefficient (Wildman–Crippen LogP) is 3.91. The van der Waals surface area contributed by atoms with E-state index in [9.17, 15) is 18.0 Å². The summed E-state index contributed by atoms with van der Waals surface area (Å²) in [5.41, 5.74) is 1.32. The lowest BCUT2D eigenvalue weighted by Gasteiger charge is -2.29. The Balaban J connectivity index is 1.72. The topological polar surface area (TPSA) is 105 Å². The maximum atomic E-state index is 13.4. The van der Waals surface area contributed by atoms with Gasteiger partial charge in [0, 0.05) is 36.6 Å². The maximum Gasteiger partial charge on any atom is 0.242 e. The van der Waals surface area contributed by atoms with Crippen LogP contribution in [0.4, 0.5) is 5.69 Å². The van der Waals surface area contributed by atoms with Gasteiger partial charge in [0.2, 0.25) is 28.6 Å². The van der Waals surface area contributed by atoms with Gasteiger partial charge in [0.25, 0.3) is 0 Å². The van der Waals surface area contributed by atoms with E-state index in [1.807, 2.05) is 38.1 Å². The van der Waals surface area contributed by atoms with E-state index >= 15 is 0 Å². The Morgan fingerprint density at radius 2 is 1.81 bits per heavy atom. The van der Waals surface area contributed by atoms with Gasteiger partial charge in [-0.2, -0.15) is 0 Å². The zero-order valence-electron chi connectivity index (χ0n) is 21.6. The van der Waals surface area contributed by atoms with Crippen molar-refractivity contribution >= 4 is 43.5 Å². The Hall–Kier alpha value is -2.79. The van der Waals surface area contributed by atoms with Crippen molar-refractivity contribution in [2.75, 3.05) is 30.4 Å². The summed E-state index contributed by atoms with van der Waals surface area (Å²) in [7, 11) is -3.61. The van der Waals surface area contributed by atoms with Crippen LogP contribution in [0.25, 0.3) is 0 Å². The average Bonchev–Trinajstić information content (AvgIpc) is 3.30. The molecule has 0 fully saturated rings. The quantitative estimate of drug-likeness (QED) is 0.399. The molecule has 2 aromatic carbocycles. The SMILES string of the molecule is CC(C)CNC(=O)[C@@H](C)N(Cc1cccc(Br)c1)C(=O)CCCN(c1ccc2c(c1)OCO2)S(C)(=O)=O. The standard InChI is InChI=1S/C26H34BrN3O6S/c1-18(2)15-28-26(32)19(3)29(16-20-7-5-8-21(27)13-20)25(31)9-6-12-30(37(4,33)34)22-10-11-23-24(14-22)36-17-35-23/h5,7-8,10-11,13-14,18-19H,6,9,12,15-17H2,1-4H3,(H,28,32)/t19-/m1/s1. The highest BCUT2D eigenvalue weighted by Gasteiger charge is 2.27. The Bertz CT molecular complexity index is 1220. The van der Waals surface area contributed by atoms with E-state index in [0.29, 0.717) is 23.7 Å². The van der Waals surface area contributed by atoms with Crippen molar-refractivity contribution in [2.24, 2.45) is 5.92 Å². The van der Waals surface area contributed by atoms with Crippen molar-refractivity contribution in [1.82, 2.24) is 10.2 Å². The number of ether oxygens (including phenoxy) is 2. The van der Waals surface area contributed by atoms with E-state index in [2.05, 4.69) is 21.2 Å². The molecule has 11 heteroatoms. The van der Waals surface area contributed by atoms with Gasteiger partial charge in [-0.3, -0.25) is 13.9 Å². The molecular weight excluding hydrogens is 562 g/mol. The minimum atomic E-state index is -3.61. The van der Waals surface area contributed by atoms with E-state index in [1.165, 1.54) is 4.31 Å². The van der Waals surface area contributed by atoms with E-state index < -0.39 is 16.1 Å². The van der Waals surface area contributed by atoms with E-state index in [1.54, 1.807) is 30.0 Å². The lowest BCUT2D eigenvalue weighted by Crippen LogP contribution is -2.48. The van der Waals surface area contributed by atoms with Crippen molar-refractivity contribution in [1.29, 1.82) is 0 Å². The third-order valence-electron chi connectivity index (χ3n) is 5.89. The minimum absolute atomic E-state index is 0.0758. The zero-order valence-corrected chi connectivity index (χ0v) is 24.0. The predicted molar refractivity (Wildman–Crippen MR) is 146 cm³/mol. The number of sulfonamides is 1. The molecule has 1 atom stereocenters. The number of carbonyl (C=O) groups excluding carboxylic acids is 2. The fraction of sp³-hybridized carbons (Fsp3) is 0.462. The van der Waals surface area contributed by atoms with Gasteiger partial charge in [0.1, 0.15) is 6.04 Å². The molecule has 0 aromatic heterocycles. The molecule has 1 aliphatic heterocycles. The van der Waals surface area contributed by atoms with Crippen LogP contribution in [0.5, 0.6) is 11.5 Å². The number of nitrogens with zero attached hydrogens (tertiary/aromatic N) is 2. The minimum Gasteiger partial charge on any atom is -0.454 e.